The zero-order chi connectivity index (χ0) is 13.1. The first-order valence-corrected chi connectivity index (χ1v) is 6.86. The molecular weight excluding hydrogens is 262 g/mol. The minimum Gasteiger partial charge on any atom is -0.493 e. The Bertz CT molecular complexity index is 390. The maximum absolute atomic E-state index is 5.97. The first kappa shape index (κ1) is 16.1. The Hall–Kier alpha value is -0.930. The molecule has 0 heterocycles. The van der Waals surface area contributed by atoms with Gasteiger partial charge in [0.25, 0.3) is 0 Å². The molecule has 1 saturated carbocycles. The van der Waals surface area contributed by atoms with Gasteiger partial charge < -0.3 is 15.2 Å². The molecule has 19 heavy (non-hydrogen) atoms. The quantitative estimate of drug-likeness (QED) is 0.864. The molecule has 1 aromatic carbocycles. The fraction of sp³-hybridized carbons (Fsp3) is 0.600. The molecule has 0 spiro atoms. The summed E-state index contributed by atoms with van der Waals surface area (Å²) in [4.78, 5) is 0. The second-order valence-electron chi connectivity index (χ2n) is 4.86. The fourth-order valence-corrected chi connectivity index (χ4v) is 2.21. The summed E-state index contributed by atoms with van der Waals surface area (Å²) in [5.41, 5.74) is 8.29. The van der Waals surface area contributed by atoms with E-state index in [1.54, 1.807) is 0 Å². The van der Waals surface area contributed by atoms with E-state index in [-0.39, 0.29) is 18.4 Å². The van der Waals surface area contributed by atoms with Gasteiger partial charge in [-0.05, 0) is 57.2 Å². The smallest absolute Gasteiger partial charge is 0.126 e. The van der Waals surface area contributed by atoms with Gasteiger partial charge in [0.1, 0.15) is 11.5 Å². The summed E-state index contributed by atoms with van der Waals surface area (Å²) >= 11 is 0. The van der Waals surface area contributed by atoms with Crippen molar-refractivity contribution in [2.24, 2.45) is 5.73 Å². The molecule has 2 rings (SSSR count). The van der Waals surface area contributed by atoms with Crippen molar-refractivity contribution >= 4 is 12.4 Å². The SMILES string of the molecule is CCOc1cc(C(C)N)cc(OCC)c1C1CC1.Cl. The van der Waals surface area contributed by atoms with Crippen LogP contribution in [0.3, 0.4) is 0 Å². The van der Waals surface area contributed by atoms with Crippen LogP contribution in [0, 0.1) is 0 Å². The Morgan fingerprint density at radius 2 is 1.63 bits per heavy atom. The van der Waals surface area contributed by atoms with Crippen LogP contribution in [-0.4, -0.2) is 13.2 Å². The van der Waals surface area contributed by atoms with Crippen molar-refractivity contribution in [3.63, 3.8) is 0 Å². The summed E-state index contributed by atoms with van der Waals surface area (Å²) in [6.45, 7) is 7.35. The maximum Gasteiger partial charge on any atom is 0.126 e. The molecular formula is C15H24ClNO2. The van der Waals surface area contributed by atoms with Crippen molar-refractivity contribution in [3.8, 4) is 11.5 Å². The highest BCUT2D eigenvalue weighted by molar-refractivity contribution is 5.85. The van der Waals surface area contributed by atoms with Crippen molar-refractivity contribution < 1.29 is 9.47 Å². The van der Waals surface area contributed by atoms with Gasteiger partial charge in [-0.3, -0.25) is 0 Å². The lowest BCUT2D eigenvalue weighted by atomic mass is 10.0. The molecule has 1 aliphatic rings. The van der Waals surface area contributed by atoms with Gasteiger partial charge in [0.15, 0.2) is 0 Å². The van der Waals surface area contributed by atoms with E-state index in [0.29, 0.717) is 19.1 Å². The number of halogens is 1. The van der Waals surface area contributed by atoms with E-state index in [0.717, 1.165) is 17.1 Å². The van der Waals surface area contributed by atoms with E-state index < -0.39 is 0 Å². The zero-order valence-electron chi connectivity index (χ0n) is 11.9. The lowest BCUT2D eigenvalue weighted by molar-refractivity contribution is 0.315. The van der Waals surface area contributed by atoms with Crippen LogP contribution < -0.4 is 15.2 Å². The topological polar surface area (TPSA) is 44.5 Å². The van der Waals surface area contributed by atoms with Gasteiger partial charge in [0.05, 0.1) is 13.2 Å². The summed E-state index contributed by atoms with van der Waals surface area (Å²) in [6, 6.07) is 4.14. The molecule has 0 aliphatic heterocycles. The normalized spacial score (nSPS) is 15.6. The number of hydrogen-bond donors (Lipinski definition) is 1. The molecule has 1 aliphatic carbocycles. The lowest BCUT2D eigenvalue weighted by Gasteiger charge is -2.18. The van der Waals surface area contributed by atoms with Crippen LogP contribution in [0.5, 0.6) is 11.5 Å². The van der Waals surface area contributed by atoms with Crippen LogP contribution in [0.1, 0.15) is 56.7 Å². The molecule has 4 heteroatoms. The second-order valence-corrected chi connectivity index (χ2v) is 4.86. The van der Waals surface area contributed by atoms with E-state index in [1.807, 2.05) is 20.8 Å². The maximum atomic E-state index is 5.97. The number of hydrogen-bond acceptors (Lipinski definition) is 3. The molecule has 3 nitrogen and oxygen atoms in total. The third-order valence-corrected chi connectivity index (χ3v) is 3.24. The van der Waals surface area contributed by atoms with E-state index >= 15 is 0 Å². The van der Waals surface area contributed by atoms with Crippen molar-refractivity contribution in [2.75, 3.05) is 13.2 Å². The van der Waals surface area contributed by atoms with Gasteiger partial charge in [0.2, 0.25) is 0 Å². The van der Waals surface area contributed by atoms with E-state index in [4.69, 9.17) is 15.2 Å². The van der Waals surface area contributed by atoms with Crippen LogP contribution in [0.4, 0.5) is 0 Å². The standard InChI is InChI=1S/C15H23NO2.ClH/c1-4-17-13-8-12(10(3)16)9-14(18-5-2)15(13)11-6-7-11;/h8-11H,4-7,16H2,1-3H3;1H. The molecule has 1 fully saturated rings. The molecule has 1 atom stereocenters. The molecule has 0 bridgehead atoms. The summed E-state index contributed by atoms with van der Waals surface area (Å²) in [6.07, 6.45) is 2.47. The average Bonchev–Trinajstić information content (AvgIpc) is 3.13. The molecule has 1 unspecified atom stereocenters. The average molecular weight is 286 g/mol. The number of nitrogens with two attached hydrogens (primary N) is 1. The summed E-state index contributed by atoms with van der Waals surface area (Å²) in [5, 5.41) is 0. The predicted octanol–water partition coefficient (Wildman–Crippen LogP) is 3.80. The highest BCUT2D eigenvalue weighted by Crippen LogP contribution is 2.49. The van der Waals surface area contributed by atoms with E-state index in [1.165, 1.54) is 18.4 Å². The Balaban J connectivity index is 0.00000180. The van der Waals surface area contributed by atoms with Crippen molar-refractivity contribution in [3.05, 3.63) is 23.3 Å². The van der Waals surface area contributed by atoms with Gasteiger partial charge in [-0.1, -0.05) is 0 Å². The highest BCUT2D eigenvalue weighted by atomic mass is 35.5. The number of rotatable bonds is 6. The van der Waals surface area contributed by atoms with Gasteiger partial charge in [0, 0.05) is 11.6 Å². The molecule has 0 amide bonds. The van der Waals surface area contributed by atoms with Gasteiger partial charge in [-0.2, -0.15) is 0 Å². The number of benzene rings is 1. The van der Waals surface area contributed by atoms with Crippen LogP contribution in [-0.2, 0) is 0 Å². The molecule has 0 aromatic heterocycles. The molecule has 1 aromatic rings. The second kappa shape index (κ2) is 7.01. The van der Waals surface area contributed by atoms with Gasteiger partial charge in [-0.25, -0.2) is 0 Å². The van der Waals surface area contributed by atoms with E-state index in [9.17, 15) is 0 Å². The summed E-state index contributed by atoms with van der Waals surface area (Å²) in [7, 11) is 0. The Kier molecular flexibility index (Phi) is 5.95. The Morgan fingerprint density at radius 1 is 1.16 bits per heavy atom. The third-order valence-electron chi connectivity index (χ3n) is 3.24. The molecule has 0 saturated heterocycles. The van der Waals surface area contributed by atoms with Crippen molar-refractivity contribution in [1.82, 2.24) is 0 Å². The van der Waals surface area contributed by atoms with Crippen LogP contribution >= 0.6 is 12.4 Å². The van der Waals surface area contributed by atoms with Crippen molar-refractivity contribution in [1.29, 1.82) is 0 Å². The van der Waals surface area contributed by atoms with Crippen LogP contribution in [0.2, 0.25) is 0 Å². The van der Waals surface area contributed by atoms with Crippen LogP contribution in [0.25, 0.3) is 0 Å². The summed E-state index contributed by atoms with van der Waals surface area (Å²) in [5.74, 6) is 2.52. The molecule has 0 radical (unpaired) electrons. The Labute approximate surface area is 121 Å². The molecule has 108 valence electrons. The van der Waals surface area contributed by atoms with Gasteiger partial charge in [-0.15, -0.1) is 12.4 Å². The Morgan fingerprint density at radius 3 is 1.95 bits per heavy atom. The van der Waals surface area contributed by atoms with Crippen LogP contribution in [0.15, 0.2) is 12.1 Å². The fourth-order valence-electron chi connectivity index (χ4n) is 2.21. The van der Waals surface area contributed by atoms with Crippen molar-refractivity contribution in [2.45, 2.75) is 45.6 Å². The highest BCUT2D eigenvalue weighted by Gasteiger charge is 2.31. The monoisotopic (exact) mass is 285 g/mol. The zero-order valence-corrected chi connectivity index (χ0v) is 12.8. The largest absolute Gasteiger partial charge is 0.493 e. The first-order chi connectivity index (χ1) is 8.67. The summed E-state index contributed by atoms with van der Waals surface area (Å²) < 4.78 is 11.6. The number of ether oxygens (including phenoxy) is 2. The molecule has 2 N–H and O–H groups in total. The van der Waals surface area contributed by atoms with Gasteiger partial charge >= 0.3 is 0 Å². The predicted molar refractivity (Wildman–Crippen MR) is 80.6 cm³/mol. The lowest BCUT2D eigenvalue weighted by Crippen LogP contribution is -2.08. The minimum atomic E-state index is -0.00309. The third kappa shape index (κ3) is 3.77. The van der Waals surface area contributed by atoms with E-state index in [2.05, 4.69) is 12.1 Å². The minimum absolute atomic E-state index is 0. The first-order valence-electron chi connectivity index (χ1n) is 6.86.